The van der Waals surface area contributed by atoms with Crippen LogP contribution in [0.1, 0.15) is 41.6 Å². The van der Waals surface area contributed by atoms with Crippen molar-refractivity contribution < 1.29 is 33.1 Å². The Kier molecular flexibility index (Phi) is 11.2. The number of ether oxygens (including phenoxy) is 4. The number of rotatable bonds is 10. The van der Waals surface area contributed by atoms with E-state index in [-0.39, 0.29) is 23.7 Å². The first-order valence-corrected chi connectivity index (χ1v) is 9.83. The van der Waals surface area contributed by atoms with Gasteiger partial charge in [-0.15, -0.1) is 0 Å². The molecule has 0 saturated heterocycles. The minimum atomic E-state index is -1.12. The van der Waals surface area contributed by atoms with E-state index in [0.29, 0.717) is 11.3 Å². The number of Topliss-reactive ketones (excluding diaryl/α,β-unsaturated/α-hetero) is 1. The third-order valence-corrected chi connectivity index (χ3v) is 4.33. The summed E-state index contributed by atoms with van der Waals surface area (Å²) in [5.74, 6) is -1.15. The van der Waals surface area contributed by atoms with Crippen LogP contribution in [-0.2, 0) is 14.1 Å². The van der Waals surface area contributed by atoms with Gasteiger partial charge >= 0.3 is 15.1 Å². The van der Waals surface area contributed by atoms with Gasteiger partial charge in [-0.3, -0.25) is 9.59 Å². The van der Waals surface area contributed by atoms with Crippen LogP contribution in [0.15, 0.2) is 42.5 Å². The summed E-state index contributed by atoms with van der Waals surface area (Å²) in [7, 11) is 5.57. The van der Waals surface area contributed by atoms with E-state index in [0.717, 1.165) is 12.8 Å². The molecule has 0 aliphatic rings. The minimum Gasteiger partial charge on any atom is -0.496 e. The largest absolute Gasteiger partial charge is 0.496 e. The van der Waals surface area contributed by atoms with Crippen molar-refractivity contribution in [1.29, 1.82) is 0 Å². The summed E-state index contributed by atoms with van der Waals surface area (Å²) in [5.41, 5.74) is 0.723. The summed E-state index contributed by atoms with van der Waals surface area (Å²) in [6.45, 7) is 2.27. The van der Waals surface area contributed by atoms with E-state index < -0.39 is 17.7 Å². The molecular formula is C22H28O7P+. The molecule has 7 nitrogen and oxygen atoms in total. The Morgan fingerprint density at radius 3 is 1.97 bits per heavy atom. The molecule has 0 spiro atoms. The highest BCUT2D eigenvalue weighted by Crippen LogP contribution is 2.37. The molecule has 0 aliphatic carbocycles. The lowest BCUT2D eigenvalue weighted by atomic mass is 9.89. The third kappa shape index (κ3) is 6.29. The molecule has 2 aromatic carbocycles. The molecule has 8 heteroatoms. The second-order valence-electron chi connectivity index (χ2n) is 6.14. The number of esters is 1. The SMILES string of the molecule is CCCCOC(=O)C(C(=O)c1c(OC)cc(OC)cc1OC)c1ccccc1.O=[PH2+]. The molecule has 0 radical (unpaired) electrons. The van der Waals surface area contributed by atoms with Gasteiger partial charge < -0.3 is 18.9 Å². The van der Waals surface area contributed by atoms with Crippen LogP contribution in [0.2, 0.25) is 0 Å². The van der Waals surface area contributed by atoms with Gasteiger partial charge in [-0.2, -0.15) is 0 Å². The Labute approximate surface area is 178 Å². The molecule has 0 aliphatic heterocycles. The Hall–Kier alpha value is -2.92. The topological polar surface area (TPSA) is 88.1 Å². The number of carbonyl (C=O) groups is 2. The molecule has 0 saturated carbocycles. The monoisotopic (exact) mass is 435 g/mol. The molecule has 0 N–H and O–H groups in total. The highest BCUT2D eigenvalue weighted by Gasteiger charge is 2.35. The maximum Gasteiger partial charge on any atom is 0.321 e. The van der Waals surface area contributed by atoms with Crippen molar-refractivity contribution in [2.75, 3.05) is 27.9 Å². The minimum absolute atomic E-state index is 0.173. The summed E-state index contributed by atoms with van der Waals surface area (Å²) in [6.07, 6.45) is 1.62. The third-order valence-electron chi connectivity index (χ3n) is 4.33. The number of methoxy groups -OCH3 is 3. The Bertz CT molecular complexity index is 798. The van der Waals surface area contributed by atoms with E-state index in [1.807, 2.05) is 13.0 Å². The number of carbonyl (C=O) groups excluding carboxylic acids is 2. The van der Waals surface area contributed by atoms with Gasteiger partial charge in [0.25, 0.3) is 0 Å². The summed E-state index contributed by atoms with van der Waals surface area (Å²) in [4.78, 5) is 26.3. The molecule has 0 aromatic heterocycles. The number of unbranched alkanes of at least 4 members (excludes halogenated alkanes) is 1. The van der Waals surface area contributed by atoms with Gasteiger partial charge in [0, 0.05) is 12.1 Å². The van der Waals surface area contributed by atoms with Crippen LogP contribution in [0, 0.1) is 0 Å². The molecule has 0 fully saturated rings. The molecule has 0 amide bonds. The lowest BCUT2D eigenvalue weighted by Gasteiger charge is -2.19. The van der Waals surface area contributed by atoms with Crippen LogP contribution in [0.25, 0.3) is 0 Å². The number of ketones is 1. The molecule has 30 heavy (non-hydrogen) atoms. The van der Waals surface area contributed by atoms with Gasteiger partial charge in [0.15, 0.2) is 5.78 Å². The molecule has 2 unspecified atom stereocenters. The van der Waals surface area contributed by atoms with Gasteiger partial charge in [0.05, 0.1) is 27.9 Å². The zero-order chi connectivity index (χ0) is 22.5. The molecule has 0 bridgehead atoms. The highest BCUT2D eigenvalue weighted by molar-refractivity contribution is 7.00. The van der Waals surface area contributed by atoms with Crippen molar-refractivity contribution >= 4 is 20.9 Å². The summed E-state index contributed by atoms with van der Waals surface area (Å²) >= 11 is 0. The number of hydrogen-bond donors (Lipinski definition) is 0. The molecule has 2 atom stereocenters. The predicted molar refractivity (Wildman–Crippen MR) is 116 cm³/mol. The number of hydrogen-bond acceptors (Lipinski definition) is 7. The second-order valence-corrected chi connectivity index (χ2v) is 6.14. The van der Waals surface area contributed by atoms with Crippen LogP contribution in [0.3, 0.4) is 0 Å². The predicted octanol–water partition coefficient (Wildman–Crippen LogP) is 4.23. The van der Waals surface area contributed by atoms with Crippen LogP contribution in [-0.4, -0.2) is 39.7 Å². The average Bonchev–Trinajstić information content (AvgIpc) is 2.80. The first-order chi connectivity index (χ1) is 14.6. The van der Waals surface area contributed by atoms with Crippen molar-refractivity contribution in [1.82, 2.24) is 0 Å². The lowest BCUT2D eigenvalue weighted by Crippen LogP contribution is -2.25. The maximum atomic E-state index is 13.5. The fourth-order valence-corrected chi connectivity index (χ4v) is 2.83. The van der Waals surface area contributed by atoms with E-state index >= 15 is 0 Å². The smallest absolute Gasteiger partial charge is 0.321 e. The molecule has 162 valence electrons. The summed E-state index contributed by atoms with van der Waals surface area (Å²) in [6, 6.07) is 12.0. The van der Waals surface area contributed by atoms with Gasteiger partial charge in [-0.25, -0.2) is 0 Å². The van der Waals surface area contributed by atoms with Crippen molar-refractivity contribution in [3.63, 3.8) is 0 Å². The van der Waals surface area contributed by atoms with E-state index in [1.165, 1.54) is 30.4 Å². The van der Waals surface area contributed by atoms with Crippen molar-refractivity contribution in [3.05, 3.63) is 53.6 Å². The highest BCUT2D eigenvalue weighted by atomic mass is 31.0. The van der Waals surface area contributed by atoms with Crippen molar-refractivity contribution in [2.24, 2.45) is 0 Å². The Morgan fingerprint density at radius 2 is 1.50 bits per heavy atom. The van der Waals surface area contributed by atoms with E-state index in [4.69, 9.17) is 23.5 Å². The lowest BCUT2D eigenvalue weighted by molar-refractivity contribution is -0.144. The first-order valence-electron chi connectivity index (χ1n) is 9.36. The Balaban J connectivity index is 0.00000218. The van der Waals surface area contributed by atoms with Gasteiger partial charge in [0.2, 0.25) is 0 Å². The molecule has 2 rings (SSSR count). The molecule has 0 heterocycles. The van der Waals surface area contributed by atoms with E-state index in [9.17, 15) is 9.59 Å². The summed E-state index contributed by atoms with van der Waals surface area (Å²) < 4.78 is 29.5. The van der Waals surface area contributed by atoms with Gasteiger partial charge in [0.1, 0.15) is 28.7 Å². The van der Waals surface area contributed by atoms with Crippen LogP contribution in [0.5, 0.6) is 17.2 Å². The fourth-order valence-electron chi connectivity index (χ4n) is 2.83. The average molecular weight is 435 g/mol. The molecule has 2 aromatic rings. The van der Waals surface area contributed by atoms with Crippen LogP contribution >= 0.6 is 9.12 Å². The normalized spacial score (nSPS) is 10.8. The fraction of sp³-hybridized carbons (Fsp3) is 0.364. The zero-order valence-electron chi connectivity index (χ0n) is 17.7. The van der Waals surface area contributed by atoms with E-state index in [1.54, 1.807) is 36.4 Å². The van der Waals surface area contributed by atoms with Crippen LogP contribution < -0.4 is 14.2 Å². The van der Waals surface area contributed by atoms with Crippen molar-refractivity contribution in [2.45, 2.75) is 25.7 Å². The number of benzene rings is 2. The summed E-state index contributed by atoms with van der Waals surface area (Å²) in [5, 5.41) is 0. The first kappa shape index (κ1) is 25.1. The zero-order valence-corrected chi connectivity index (χ0v) is 18.8. The Morgan fingerprint density at radius 1 is 0.933 bits per heavy atom. The maximum absolute atomic E-state index is 13.5. The quantitative estimate of drug-likeness (QED) is 0.181. The second kappa shape index (κ2) is 13.3. The van der Waals surface area contributed by atoms with E-state index in [2.05, 4.69) is 0 Å². The molecular weight excluding hydrogens is 407 g/mol. The van der Waals surface area contributed by atoms with Crippen LogP contribution in [0.4, 0.5) is 0 Å². The van der Waals surface area contributed by atoms with Gasteiger partial charge in [-0.05, 0) is 12.0 Å². The van der Waals surface area contributed by atoms with Crippen molar-refractivity contribution in [3.8, 4) is 17.2 Å². The standard InChI is InChI=1S/C22H26O6.H2OP/c1-5-6-12-28-22(24)19(15-10-8-7-9-11-15)21(23)20-17(26-3)13-16(25-2)14-18(20)27-4;1-2/h7-11,13-14,19H,5-6,12H2,1-4H3;2H2/q;+1. The van der Waals surface area contributed by atoms with Gasteiger partial charge in [-0.1, -0.05) is 48.2 Å².